The van der Waals surface area contributed by atoms with Gasteiger partial charge in [-0.2, -0.15) is 4.31 Å². The molecule has 172 valence electrons. The molecule has 0 radical (unpaired) electrons. The lowest BCUT2D eigenvalue weighted by atomic mass is 10.1. The van der Waals surface area contributed by atoms with Gasteiger partial charge in [-0.05, 0) is 48.7 Å². The summed E-state index contributed by atoms with van der Waals surface area (Å²) in [6.45, 7) is 5.85. The summed E-state index contributed by atoms with van der Waals surface area (Å²) in [5.41, 5.74) is 1.58. The first-order valence-electron chi connectivity index (χ1n) is 10.7. The smallest absolute Gasteiger partial charge is 0.253 e. The van der Waals surface area contributed by atoms with Crippen LogP contribution >= 0.6 is 11.6 Å². The highest BCUT2D eigenvalue weighted by molar-refractivity contribution is 7.89. The van der Waals surface area contributed by atoms with E-state index in [9.17, 15) is 18.0 Å². The Kier molecular flexibility index (Phi) is 7.92. The van der Waals surface area contributed by atoms with Gasteiger partial charge in [0.15, 0.2) is 0 Å². The quantitative estimate of drug-likeness (QED) is 0.630. The number of benzene rings is 2. The molecule has 2 aromatic rings. The van der Waals surface area contributed by atoms with Gasteiger partial charge < -0.3 is 10.2 Å². The van der Waals surface area contributed by atoms with E-state index in [1.54, 1.807) is 32.0 Å². The lowest BCUT2D eigenvalue weighted by Gasteiger charge is -2.19. The minimum absolute atomic E-state index is 0.000344. The Balaban J connectivity index is 1.73. The third kappa shape index (κ3) is 5.31. The van der Waals surface area contributed by atoms with Crippen LogP contribution in [0.3, 0.4) is 0 Å². The Morgan fingerprint density at radius 1 is 1.03 bits per heavy atom. The van der Waals surface area contributed by atoms with Crippen LogP contribution in [0.2, 0.25) is 5.02 Å². The number of nitrogens with zero attached hydrogens (tertiary/aromatic N) is 2. The van der Waals surface area contributed by atoms with E-state index >= 15 is 0 Å². The monoisotopic (exact) mass is 477 g/mol. The van der Waals surface area contributed by atoms with Crippen LogP contribution in [0.25, 0.3) is 0 Å². The molecule has 2 amide bonds. The normalized spacial score (nSPS) is 14.1. The average Bonchev–Trinajstić information content (AvgIpc) is 3.33. The second-order valence-electron chi connectivity index (χ2n) is 7.62. The number of nitrogens with one attached hydrogen (secondary N) is 1. The van der Waals surface area contributed by atoms with Gasteiger partial charge in [0.05, 0.1) is 5.02 Å². The molecule has 1 aliphatic rings. The molecule has 0 spiro atoms. The predicted molar refractivity (Wildman–Crippen MR) is 124 cm³/mol. The van der Waals surface area contributed by atoms with Gasteiger partial charge in [0.25, 0.3) is 11.8 Å². The molecule has 0 aromatic heterocycles. The molecule has 0 saturated carbocycles. The molecule has 32 heavy (non-hydrogen) atoms. The molecule has 0 bridgehead atoms. The van der Waals surface area contributed by atoms with Crippen LogP contribution in [0.5, 0.6) is 0 Å². The fraction of sp³-hybridized carbons (Fsp3) is 0.391. The molecule has 1 saturated heterocycles. The summed E-state index contributed by atoms with van der Waals surface area (Å²) in [5.74, 6) is -0.423. The topological polar surface area (TPSA) is 86.8 Å². The van der Waals surface area contributed by atoms with Crippen molar-refractivity contribution < 1.29 is 18.0 Å². The number of likely N-dealkylation sites (tertiary alicyclic amines) is 1. The van der Waals surface area contributed by atoms with Crippen molar-refractivity contribution in [1.29, 1.82) is 0 Å². The largest absolute Gasteiger partial charge is 0.348 e. The van der Waals surface area contributed by atoms with Crippen LogP contribution in [0.4, 0.5) is 0 Å². The first-order chi connectivity index (χ1) is 15.3. The van der Waals surface area contributed by atoms with Crippen molar-refractivity contribution in [2.24, 2.45) is 0 Å². The maximum absolute atomic E-state index is 12.9. The molecule has 7 nitrogen and oxygen atoms in total. The van der Waals surface area contributed by atoms with Gasteiger partial charge in [-0.3, -0.25) is 9.59 Å². The summed E-state index contributed by atoms with van der Waals surface area (Å²) in [4.78, 5) is 27.0. The number of sulfonamides is 1. The van der Waals surface area contributed by atoms with Crippen molar-refractivity contribution in [3.63, 3.8) is 0 Å². The molecule has 0 aliphatic carbocycles. The summed E-state index contributed by atoms with van der Waals surface area (Å²) in [6, 6.07) is 11.4. The third-order valence-corrected chi connectivity index (χ3v) is 8.07. The van der Waals surface area contributed by atoms with E-state index in [0.29, 0.717) is 18.7 Å². The van der Waals surface area contributed by atoms with Crippen LogP contribution in [-0.2, 0) is 16.6 Å². The van der Waals surface area contributed by atoms with Gasteiger partial charge in [-0.1, -0.05) is 37.6 Å². The van der Waals surface area contributed by atoms with Gasteiger partial charge >= 0.3 is 0 Å². The second-order valence-corrected chi connectivity index (χ2v) is 9.93. The van der Waals surface area contributed by atoms with Crippen LogP contribution in [0.15, 0.2) is 47.4 Å². The van der Waals surface area contributed by atoms with Crippen LogP contribution in [0.1, 0.15) is 53.0 Å². The zero-order chi connectivity index (χ0) is 23.3. The minimum Gasteiger partial charge on any atom is -0.348 e. The van der Waals surface area contributed by atoms with Gasteiger partial charge in [0.1, 0.15) is 4.90 Å². The molecule has 1 fully saturated rings. The second kappa shape index (κ2) is 10.5. The van der Waals surface area contributed by atoms with Crippen molar-refractivity contribution in [2.75, 3.05) is 26.2 Å². The molecular formula is C23H28ClN3O4S. The van der Waals surface area contributed by atoms with Gasteiger partial charge in [-0.25, -0.2) is 8.42 Å². The Hall–Kier alpha value is -2.42. The molecule has 2 aromatic carbocycles. The number of amides is 2. The SMILES string of the molecule is CCN(CC)S(=O)(=O)c1cc(C(=O)NCc2cccc(C(=O)N3CCCC3)c2)ccc1Cl. The van der Waals surface area contributed by atoms with Crippen molar-refractivity contribution in [1.82, 2.24) is 14.5 Å². The number of hydrogen-bond donors (Lipinski definition) is 1. The maximum atomic E-state index is 12.9. The number of rotatable bonds is 8. The fourth-order valence-electron chi connectivity index (χ4n) is 3.75. The van der Waals surface area contributed by atoms with Gasteiger partial charge in [0, 0.05) is 43.9 Å². The summed E-state index contributed by atoms with van der Waals surface area (Å²) in [5, 5.41) is 2.86. The van der Waals surface area contributed by atoms with E-state index in [-0.39, 0.29) is 27.9 Å². The van der Waals surface area contributed by atoms with Gasteiger partial charge in [-0.15, -0.1) is 0 Å². The molecular weight excluding hydrogens is 450 g/mol. The first kappa shape index (κ1) is 24.2. The molecule has 1 heterocycles. The standard InChI is InChI=1S/C23H28ClN3O4S/c1-3-27(4-2)32(30,31)21-15-18(10-11-20(21)24)22(28)25-16-17-8-7-9-19(14-17)23(29)26-12-5-6-13-26/h7-11,14-15H,3-6,12-13,16H2,1-2H3,(H,25,28). The van der Waals surface area contributed by atoms with E-state index in [0.717, 1.165) is 31.5 Å². The molecule has 1 N–H and O–H groups in total. The van der Waals surface area contributed by atoms with Crippen molar-refractivity contribution in [3.05, 3.63) is 64.2 Å². The fourth-order valence-corrected chi connectivity index (χ4v) is 5.70. The Labute approximate surface area is 194 Å². The van der Waals surface area contributed by atoms with Gasteiger partial charge in [0.2, 0.25) is 10.0 Å². The Morgan fingerprint density at radius 2 is 1.72 bits per heavy atom. The highest BCUT2D eigenvalue weighted by atomic mass is 35.5. The van der Waals surface area contributed by atoms with E-state index in [1.165, 1.54) is 22.5 Å². The molecule has 0 atom stereocenters. The Morgan fingerprint density at radius 3 is 2.38 bits per heavy atom. The van der Waals surface area contributed by atoms with Crippen molar-refractivity contribution in [3.8, 4) is 0 Å². The average molecular weight is 478 g/mol. The number of halogens is 1. The van der Waals surface area contributed by atoms with E-state index in [1.807, 2.05) is 11.0 Å². The number of hydrogen-bond acceptors (Lipinski definition) is 4. The zero-order valence-electron chi connectivity index (χ0n) is 18.3. The van der Waals surface area contributed by atoms with Crippen LogP contribution < -0.4 is 5.32 Å². The van der Waals surface area contributed by atoms with E-state index < -0.39 is 15.9 Å². The van der Waals surface area contributed by atoms with E-state index in [4.69, 9.17) is 11.6 Å². The summed E-state index contributed by atoms with van der Waals surface area (Å²) in [7, 11) is -3.80. The molecule has 3 rings (SSSR count). The summed E-state index contributed by atoms with van der Waals surface area (Å²) >= 11 is 6.14. The minimum atomic E-state index is -3.80. The number of carbonyl (C=O) groups is 2. The third-order valence-electron chi connectivity index (χ3n) is 5.54. The highest BCUT2D eigenvalue weighted by Gasteiger charge is 2.25. The van der Waals surface area contributed by atoms with Crippen molar-refractivity contribution >= 4 is 33.4 Å². The first-order valence-corrected chi connectivity index (χ1v) is 12.6. The number of carbonyl (C=O) groups excluding carboxylic acids is 2. The lowest BCUT2D eigenvalue weighted by molar-refractivity contribution is 0.0792. The Bertz CT molecular complexity index is 1090. The van der Waals surface area contributed by atoms with Crippen LogP contribution in [0, 0.1) is 0 Å². The maximum Gasteiger partial charge on any atom is 0.253 e. The predicted octanol–water partition coefficient (Wildman–Crippen LogP) is 3.54. The highest BCUT2D eigenvalue weighted by Crippen LogP contribution is 2.26. The molecule has 9 heteroatoms. The molecule has 1 aliphatic heterocycles. The molecule has 0 unspecified atom stereocenters. The zero-order valence-corrected chi connectivity index (χ0v) is 19.9. The summed E-state index contributed by atoms with van der Waals surface area (Å²) in [6.07, 6.45) is 2.04. The van der Waals surface area contributed by atoms with Crippen LogP contribution in [-0.4, -0.2) is 55.6 Å². The van der Waals surface area contributed by atoms with Crippen molar-refractivity contribution in [2.45, 2.75) is 38.1 Å². The van der Waals surface area contributed by atoms with E-state index in [2.05, 4.69) is 5.32 Å². The summed E-state index contributed by atoms with van der Waals surface area (Å²) < 4.78 is 27.0. The lowest BCUT2D eigenvalue weighted by Crippen LogP contribution is -2.31.